The van der Waals surface area contributed by atoms with Gasteiger partial charge in [-0.3, -0.25) is 9.59 Å². The summed E-state index contributed by atoms with van der Waals surface area (Å²) in [6.45, 7) is 3.20. The average molecular weight is 504 g/mol. The lowest BCUT2D eigenvalue weighted by Gasteiger charge is -2.61. The zero-order valence-corrected chi connectivity index (χ0v) is 21.4. The van der Waals surface area contributed by atoms with Gasteiger partial charge in [-0.15, -0.1) is 0 Å². The molecule has 0 radical (unpaired) electrons. The van der Waals surface area contributed by atoms with Crippen LogP contribution in [0.15, 0.2) is 29.3 Å². The zero-order chi connectivity index (χ0) is 24.5. The smallest absolute Gasteiger partial charge is 0.283 e. The molecule has 1 aromatic heterocycles. The number of hydrogen-bond acceptors (Lipinski definition) is 6. The van der Waals surface area contributed by atoms with E-state index in [1.165, 1.54) is 0 Å². The third kappa shape index (κ3) is 5.02. The third-order valence-electron chi connectivity index (χ3n) is 7.04. The standard InChI is InChI=1S/C25H31Cl2N5O2/c1-30(2)10-8-19-20(14-33)21(26)6-7-22(19)31(3)18-11-25(12-18)15-32(16-25)9-4-5-17-13-28-29-24(34)23(17)27/h6-8,10,13-14,18H,4-5,9,11-12,15-16H2,1-3H3,(H,29,34)/b10-8-. The van der Waals surface area contributed by atoms with Crippen LogP contribution >= 0.6 is 23.2 Å². The quantitative estimate of drug-likeness (QED) is 0.522. The van der Waals surface area contributed by atoms with Gasteiger partial charge in [0, 0.05) is 57.1 Å². The van der Waals surface area contributed by atoms with E-state index in [0.29, 0.717) is 22.0 Å². The Labute approximate surface area is 210 Å². The fraction of sp³-hybridized carbons (Fsp3) is 0.480. The maximum atomic E-state index is 11.7. The molecule has 2 heterocycles. The molecule has 1 aliphatic carbocycles. The summed E-state index contributed by atoms with van der Waals surface area (Å²) in [5.41, 5.74) is 3.30. The lowest BCUT2D eigenvalue weighted by atomic mass is 9.60. The van der Waals surface area contributed by atoms with Crippen LogP contribution in [0.3, 0.4) is 0 Å². The van der Waals surface area contributed by atoms with Crippen LogP contribution in [0.2, 0.25) is 10.0 Å². The molecular weight excluding hydrogens is 473 g/mol. The fourth-order valence-electron chi connectivity index (χ4n) is 5.24. The summed E-state index contributed by atoms with van der Waals surface area (Å²) < 4.78 is 0. The van der Waals surface area contributed by atoms with Gasteiger partial charge in [-0.1, -0.05) is 23.2 Å². The molecule has 1 saturated carbocycles. The first-order chi connectivity index (χ1) is 16.2. The Balaban J connectivity index is 1.32. The number of carbonyl (C=O) groups excluding carboxylic acids is 1. The Bertz CT molecular complexity index is 1130. The summed E-state index contributed by atoms with van der Waals surface area (Å²) in [4.78, 5) is 30.0. The summed E-state index contributed by atoms with van der Waals surface area (Å²) in [5, 5.41) is 6.92. The molecule has 182 valence electrons. The van der Waals surface area contributed by atoms with Crippen molar-refractivity contribution in [2.45, 2.75) is 31.7 Å². The molecule has 0 amide bonds. The lowest BCUT2D eigenvalue weighted by Crippen LogP contribution is -2.66. The maximum Gasteiger partial charge on any atom is 0.283 e. The molecule has 0 bridgehead atoms. The summed E-state index contributed by atoms with van der Waals surface area (Å²) in [6, 6.07) is 4.26. The largest absolute Gasteiger partial charge is 0.383 e. The molecule has 1 saturated heterocycles. The van der Waals surface area contributed by atoms with Crippen LogP contribution in [0, 0.1) is 5.41 Å². The molecule has 0 unspecified atom stereocenters. The number of H-pyrrole nitrogens is 1. The number of benzene rings is 1. The highest BCUT2D eigenvalue weighted by atomic mass is 35.5. The van der Waals surface area contributed by atoms with Crippen molar-refractivity contribution in [3.8, 4) is 0 Å². The van der Waals surface area contributed by atoms with E-state index in [1.54, 1.807) is 6.20 Å². The molecule has 2 fully saturated rings. The first-order valence-electron chi connectivity index (χ1n) is 11.5. The topological polar surface area (TPSA) is 72.5 Å². The first kappa shape index (κ1) is 24.8. The van der Waals surface area contributed by atoms with Crippen LogP contribution in [0.5, 0.6) is 0 Å². The van der Waals surface area contributed by atoms with Gasteiger partial charge in [-0.2, -0.15) is 5.10 Å². The number of aldehydes is 1. The van der Waals surface area contributed by atoms with E-state index in [1.807, 2.05) is 43.4 Å². The molecule has 1 N–H and O–H groups in total. The van der Waals surface area contributed by atoms with Gasteiger partial charge in [0.2, 0.25) is 0 Å². The number of rotatable bonds is 9. The minimum atomic E-state index is -0.326. The van der Waals surface area contributed by atoms with Crippen LogP contribution in [-0.2, 0) is 6.42 Å². The van der Waals surface area contributed by atoms with Crippen LogP contribution < -0.4 is 10.5 Å². The van der Waals surface area contributed by atoms with Crippen molar-refractivity contribution < 1.29 is 4.79 Å². The number of nitrogens with zero attached hydrogens (tertiary/aromatic N) is 4. The SMILES string of the molecule is CN(C)/C=C\c1c(N(C)C2CC3(C2)CN(CCCc2cn[nH]c(=O)c2Cl)C3)ccc(Cl)c1C=O. The third-order valence-corrected chi connectivity index (χ3v) is 7.78. The van der Waals surface area contributed by atoms with Crippen molar-refractivity contribution in [3.05, 3.63) is 61.6 Å². The fourth-order valence-corrected chi connectivity index (χ4v) is 5.64. The van der Waals surface area contributed by atoms with Gasteiger partial charge in [0.1, 0.15) is 5.02 Å². The van der Waals surface area contributed by atoms with Gasteiger partial charge < -0.3 is 14.7 Å². The number of halogens is 2. The monoisotopic (exact) mass is 503 g/mol. The Morgan fingerprint density at radius 3 is 2.62 bits per heavy atom. The van der Waals surface area contributed by atoms with Crippen LogP contribution in [0.25, 0.3) is 6.08 Å². The van der Waals surface area contributed by atoms with Crippen molar-refractivity contribution >= 4 is 41.3 Å². The second kappa shape index (κ2) is 10.1. The van der Waals surface area contributed by atoms with E-state index >= 15 is 0 Å². The molecule has 7 nitrogen and oxygen atoms in total. The predicted molar refractivity (Wildman–Crippen MR) is 138 cm³/mol. The lowest BCUT2D eigenvalue weighted by molar-refractivity contribution is -0.0715. The molecular formula is C25H31Cl2N5O2. The van der Waals surface area contributed by atoms with Gasteiger partial charge in [0.05, 0.1) is 11.2 Å². The normalized spacial score (nSPS) is 17.6. The Hall–Kier alpha value is -2.35. The van der Waals surface area contributed by atoms with E-state index in [0.717, 1.165) is 68.4 Å². The number of hydrogen-bond donors (Lipinski definition) is 1. The number of aromatic nitrogens is 2. The molecule has 1 aliphatic heterocycles. The van der Waals surface area contributed by atoms with Crippen molar-refractivity contribution in [2.24, 2.45) is 5.41 Å². The Kier molecular flexibility index (Phi) is 7.36. The van der Waals surface area contributed by atoms with Gasteiger partial charge >= 0.3 is 0 Å². The molecule has 1 spiro atoms. The molecule has 9 heteroatoms. The number of nitrogens with one attached hydrogen (secondary N) is 1. The maximum absolute atomic E-state index is 11.7. The summed E-state index contributed by atoms with van der Waals surface area (Å²) >= 11 is 12.4. The zero-order valence-electron chi connectivity index (χ0n) is 19.9. The molecule has 4 rings (SSSR count). The average Bonchev–Trinajstić information content (AvgIpc) is 2.74. The second-order valence-corrected chi connectivity index (χ2v) is 10.6. The molecule has 34 heavy (non-hydrogen) atoms. The Morgan fingerprint density at radius 2 is 1.94 bits per heavy atom. The highest BCUT2D eigenvalue weighted by Gasteiger charge is 2.53. The van der Waals surface area contributed by atoms with Crippen molar-refractivity contribution in [2.75, 3.05) is 45.7 Å². The molecule has 0 atom stereocenters. The van der Waals surface area contributed by atoms with E-state index in [9.17, 15) is 9.59 Å². The van der Waals surface area contributed by atoms with Crippen LogP contribution in [0.4, 0.5) is 5.69 Å². The van der Waals surface area contributed by atoms with Gasteiger partial charge in [-0.25, -0.2) is 5.10 Å². The van der Waals surface area contributed by atoms with Crippen molar-refractivity contribution in [1.82, 2.24) is 20.0 Å². The van der Waals surface area contributed by atoms with E-state index in [4.69, 9.17) is 23.2 Å². The van der Waals surface area contributed by atoms with E-state index in [-0.39, 0.29) is 10.6 Å². The Morgan fingerprint density at radius 1 is 1.21 bits per heavy atom. The van der Waals surface area contributed by atoms with Crippen LogP contribution in [-0.4, -0.2) is 73.1 Å². The number of likely N-dealkylation sites (tertiary alicyclic amines) is 1. The number of anilines is 1. The van der Waals surface area contributed by atoms with E-state index < -0.39 is 0 Å². The van der Waals surface area contributed by atoms with Crippen LogP contribution in [0.1, 0.15) is 40.7 Å². The van der Waals surface area contributed by atoms with Crippen molar-refractivity contribution in [3.63, 3.8) is 0 Å². The van der Waals surface area contributed by atoms with E-state index in [2.05, 4.69) is 27.0 Å². The highest BCUT2D eigenvalue weighted by Crippen LogP contribution is 2.51. The summed E-state index contributed by atoms with van der Waals surface area (Å²) in [6.07, 6.45) is 10.4. The number of aromatic amines is 1. The van der Waals surface area contributed by atoms with Crippen molar-refractivity contribution in [1.29, 1.82) is 0 Å². The molecule has 1 aromatic carbocycles. The van der Waals surface area contributed by atoms with Gasteiger partial charge in [0.25, 0.3) is 5.56 Å². The second-order valence-electron chi connectivity index (χ2n) is 9.82. The first-order valence-corrected chi connectivity index (χ1v) is 12.3. The number of aryl methyl sites for hydroxylation is 1. The minimum absolute atomic E-state index is 0.250. The summed E-state index contributed by atoms with van der Waals surface area (Å²) in [5.74, 6) is 0. The number of carbonyl (C=O) groups is 1. The minimum Gasteiger partial charge on any atom is -0.383 e. The predicted octanol–water partition coefficient (Wildman–Crippen LogP) is 3.95. The molecule has 2 aliphatic rings. The van der Waals surface area contributed by atoms with Gasteiger partial charge in [-0.05, 0) is 67.6 Å². The highest BCUT2D eigenvalue weighted by molar-refractivity contribution is 6.33. The summed E-state index contributed by atoms with van der Waals surface area (Å²) in [7, 11) is 6.01. The molecule has 2 aromatic rings. The van der Waals surface area contributed by atoms with Gasteiger partial charge in [0.15, 0.2) is 6.29 Å².